The number of anilines is 1. The van der Waals surface area contributed by atoms with Gasteiger partial charge in [-0.2, -0.15) is 0 Å². The molecule has 1 heterocycles. The van der Waals surface area contributed by atoms with Crippen molar-refractivity contribution in [1.82, 2.24) is 4.98 Å². The van der Waals surface area contributed by atoms with E-state index in [2.05, 4.69) is 10.3 Å². The Balaban J connectivity index is 0.000000994. The first-order valence-electron chi connectivity index (χ1n) is 9.59. The van der Waals surface area contributed by atoms with Gasteiger partial charge in [0, 0.05) is 40.2 Å². The summed E-state index contributed by atoms with van der Waals surface area (Å²) in [4.78, 5) is 42.7. The summed E-state index contributed by atoms with van der Waals surface area (Å²) in [5, 5.41) is 3.91. The van der Waals surface area contributed by atoms with E-state index in [0.29, 0.717) is 44.2 Å². The number of hydrogen-bond acceptors (Lipinski definition) is 4. The molecule has 29 heavy (non-hydrogen) atoms. The molecule has 2 N–H and O–H groups in total. The number of pyridine rings is 1. The van der Waals surface area contributed by atoms with Gasteiger partial charge in [0.1, 0.15) is 0 Å². The van der Waals surface area contributed by atoms with E-state index < -0.39 is 0 Å². The number of carbonyl (C=O) groups excluding carboxylic acids is 2. The van der Waals surface area contributed by atoms with Crippen molar-refractivity contribution < 1.29 is 9.59 Å². The van der Waals surface area contributed by atoms with E-state index in [-0.39, 0.29) is 22.6 Å². The Kier molecular flexibility index (Phi) is 4.51. The second-order valence-electron chi connectivity index (χ2n) is 6.55. The SMILES string of the molecule is CC.CNc1cc2c(=O)c3ccccc3[nH]c2c2c1C(=O)c1ccccc1C2=O. The van der Waals surface area contributed by atoms with Crippen LogP contribution in [0.1, 0.15) is 45.7 Å². The summed E-state index contributed by atoms with van der Waals surface area (Å²) in [5.41, 5.74) is 2.65. The van der Waals surface area contributed by atoms with Crippen molar-refractivity contribution >= 4 is 39.1 Å². The lowest BCUT2D eigenvalue weighted by Gasteiger charge is -2.22. The fraction of sp³-hybridized carbons (Fsp3) is 0.125. The van der Waals surface area contributed by atoms with E-state index in [1.807, 2.05) is 19.9 Å². The van der Waals surface area contributed by atoms with Crippen LogP contribution in [0.15, 0.2) is 59.4 Å². The smallest absolute Gasteiger partial charge is 0.197 e. The maximum absolute atomic E-state index is 13.3. The first-order chi connectivity index (χ1) is 14.1. The number of aromatic amines is 1. The highest BCUT2D eigenvalue weighted by Gasteiger charge is 2.34. The van der Waals surface area contributed by atoms with Gasteiger partial charge >= 0.3 is 0 Å². The third-order valence-corrected chi connectivity index (χ3v) is 5.14. The van der Waals surface area contributed by atoms with Gasteiger partial charge in [-0.05, 0) is 18.2 Å². The minimum Gasteiger partial charge on any atom is -0.387 e. The zero-order valence-electron chi connectivity index (χ0n) is 16.4. The molecule has 0 aliphatic heterocycles. The lowest BCUT2D eigenvalue weighted by molar-refractivity contribution is 0.0981. The van der Waals surface area contributed by atoms with Crippen LogP contribution in [0.4, 0.5) is 5.69 Å². The average Bonchev–Trinajstić information content (AvgIpc) is 2.78. The molecule has 0 amide bonds. The molecule has 0 saturated heterocycles. The van der Waals surface area contributed by atoms with Gasteiger partial charge in [0.2, 0.25) is 0 Å². The van der Waals surface area contributed by atoms with Crippen LogP contribution in [0.3, 0.4) is 0 Å². The maximum Gasteiger partial charge on any atom is 0.197 e. The molecule has 4 aromatic rings. The van der Waals surface area contributed by atoms with Gasteiger partial charge in [-0.3, -0.25) is 14.4 Å². The minimum absolute atomic E-state index is 0.169. The second-order valence-corrected chi connectivity index (χ2v) is 6.55. The van der Waals surface area contributed by atoms with Gasteiger partial charge in [0.25, 0.3) is 0 Å². The number of carbonyl (C=O) groups is 2. The molecule has 1 aromatic heterocycles. The molecular formula is C24H20N2O3. The van der Waals surface area contributed by atoms with Crippen molar-refractivity contribution in [2.75, 3.05) is 12.4 Å². The Labute approximate surface area is 167 Å². The Morgan fingerprint density at radius 3 is 2.00 bits per heavy atom. The molecule has 5 rings (SSSR count). The molecule has 0 saturated carbocycles. The van der Waals surface area contributed by atoms with E-state index in [4.69, 9.17) is 0 Å². The molecule has 1 aliphatic rings. The summed E-state index contributed by atoms with van der Waals surface area (Å²) >= 11 is 0. The number of H-pyrrole nitrogens is 1. The normalized spacial score (nSPS) is 12.2. The topological polar surface area (TPSA) is 79.0 Å². The van der Waals surface area contributed by atoms with Crippen molar-refractivity contribution in [1.29, 1.82) is 0 Å². The zero-order valence-corrected chi connectivity index (χ0v) is 16.4. The van der Waals surface area contributed by atoms with Crippen LogP contribution in [-0.4, -0.2) is 23.6 Å². The fourth-order valence-corrected chi connectivity index (χ4v) is 3.87. The quantitative estimate of drug-likeness (QED) is 0.416. The molecule has 1 aliphatic carbocycles. The molecule has 0 bridgehead atoms. The number of hydrogen-bond donors (Lipinski definition) is 2. The average molecular weight is 384 g/mol. The number of ketones is 2. The largest absolute Gasteiger partial charge is 0.387 e. The summed E-state index contributed by atoms with van der Waals surface area (Å²) in [6.45, 7) is 4.00. The third-order valence-electron chi connectivity index (χ3n) is 5.14. The highest BCUT2D eigenvalue weighted by Crippen LogP contribution is 2.36. The van der Waals surface area contributed by atoms with E-state index in [1.165, 1.54) is 0 Å². The molecular weight excluding hydrogens is 364 g/mol. The van der Waals surface area contributed by atoms with Gasteiger partial charge in [-0.1, -0.05) is 50.2 Å². The first-order valence-corrected chi connectivity index (χ1v) is 9.59. The molecule has 0 spiro atoms. The van der Waals surface area contributed by atoms with Crippen molar-refractivity contribution in [2.24, 2.45) is 0 Å². The van der Waals surface area contributed by atoms with Gasteiger partial charge in [-0.15, -0.1) is 0 Å². The summed E-state index contributed by atoms with van der Waals surface area (Å²) in [7, 11) is 1.68. The maximum atomic E-state index is 13.3. The highest BCUT2D eigenvalue weighted by atomic mass is 16.1. The molecule has 0 unspecified atom stereocenters. The van der Waals surface area contributed by atoms with Crippen molar-refractivity contribution in [3.05, 3.63) is 87.1 Å². The molecule has 0 atom stereocenters. The molecule has 0 fully saturated rings. The number of benzene rings is 3. The van der Waals surface area contributed by atoms with Crippen molar-refractivity contribution in [3.63, 3.8) is 0 Å². The predicted molar refractivity (Wildman–Crippen MR) is 116 cm³/mol. The van der Waals surface area contributed by atoms with E-state index in [1.54, 1.807) is 55.6 Å². The standard InChI is InChI=1S/C22H14N2O3.C2H6/c1-23-16-10-14-19(24-15-9-5-4-8-13(15)20(14)25)18-17(16)21(26)11-6-2-3-7-12(11)22(18)27;1-2/h2-10,23H,1H3,(H,24,25);1-2H3. The number of fused-ring (bicyclic) bond motifs is 5. The summed E-state index contributed by atoms with van der Waals surface area (Å²) in [5.74, 6) is -0.478. The molecule has 0 radical (unpaired) electrons. The van der Waals surface area contributed by atoms with Crippen LogP contribution in [0.2, 0.25) is 0 Å². The van der Waals surface area contributed by atoms with Crippen molar-refractivity contribution in [3.8, 4) is 0 Å². The lowest BCUT2D eigenvalue weighted by Crippen LogP contribution is -2.24. The predicted octanol–water partition coefficient (Wildman–Crippen LogP) is 4.52. The van der Waals surface area contributed by atoms with Crippen molar-refractivity contribution in [2.45, 2.75) is 13.8 Å². The molecule has 5 nitrogen and oxygen atoms in total. The lowest BCUT2D eigenvalue weighted by atomic mass is 9.81. The third kappa shape index (κ3) is 2.58. The van der Waals surface area contributed by atoms with E-state index in [9.17, 15) is 14.4 Å². The van der Waals surface area contributed by atoms with Crippen LogP contribution in [0, 0.1) is 0 Å². The Bertz CT molecular complexity index is 1370. The van der Waals surface area contributed by atoms with E-state index >= 15 is 0 Å². The monoisotopic (exact) mass is 384 g/mol. The van der Waals surface area contributed by atoms with Gasteiger partial charge in [0.15, 0.2) is 17.0 Å². The minimum atomic E-state index is -0.256. The van der Waals surface area contributed by atoms with E-state index in [0.717, 1.165) is 0 Å². The summed E-state index contributed by atoms with van der Waals surface area (Å²) in [6, 6.07) is 15.6. The van der Waals surface area contributed by atoms with Crippen LogP contribution in [0.25, 0.3) is 21.8 Å². The Morgan fingerprint density at radius 2 is 1.34 bits per heavy atom. The van der Waals surface area contributed by atoms with Gasteiger partial charge in [0.05, 0.1) is 16.6 Å². The Morgan fingerprint density at radius 1 is 0.759 bits per heavy atom. The summed E-state index contributed by atoms with van der Waals surface area (Å²) in [6.07, 6.45) is 0. The fourth-order valence-electron chi connectivity index (χ4n) is 3.87. The van der Waals surface area contributed by atoms with Gasteiger partial charge < -0.3 is 10.3 Å². The van der Waals surface area contributed by atoms with Crippen LogP contribution in [0.5, 0.6) is 0 Å². The molecule has 3 aromatic carbocycles. The van der Waals surface area contributed by atoms with Crippen LogP contribution >= 0.6 is 0 Å². The number of aromatic nitrogens is 1. The molecule has 5 heteroatoms. The number of rotatable bonds is 1. The zero-order chi connectivity index (χ0) is 20.7. The Hall–Kier alpha value is -3.73. The summed E-state index contributed by atoms with van der Waals surface area (Å²) < 4.78 is 0. The van der Waals surface area contributed by atoms with Gasteiger partial charge in [-0.25, -0.2) is 0 Å². The second kappa shape index (κ2) is 7.02. The van der Waals surface area contributed by atoms with Crippen LogP contribution in [-0.2, 0) is 0 Å². The molecule has 144 valence electrons. The highest BCUT2D eigenvalue weighted by molar-refractivity contribution is 6.33. The number of nitrogens with one attached hydrogen (secondary N) is 2. The number of para-hydroxylation sites is 1. The van der Waals surface area contributed by atoms with Crippen LogP contribution < -0.4 is 10.7 Å². The first kappa shape index (κ1) is 18.6.